The van der Waals surface area contributed by atoms with Crippen LogP contribution in [0.1, 0.15) is 19.8 Å². The van der Waals surface area contributed by atoms with Gasteiger partial charge in [0.1, 0.15) is 0 Å². The molecule has 0 aromatic carbocycles. The standard InChI is InChI=1S/C9H12O2/c1-9(8(10)11)5-6-2-3-7(9)4-6/h2-3,6-7H,4-5H2,1H3,(H,10,11)/t6?,7?,9-/m0/s1. The molecule has 0 aliphatic heterocycles. The highest BCUT2D eigenvalue weighted by Crippen LogP contribution is 2.51. The van der Waals surface area contributed by atoms with E-state index in [0.717, 1.165) is 12.8 Å². The van der Waals surface area contributed by atoms with Gasteiger partial charge in [0.05, 0.1) is 5.41 Å². The molecule has 0 aromatic rings. The van der Waals surface area contributed by atoms with Crippen LogP contribution in [0.5, 0.6) is 0 Å². The zero-order valence-electron chi connectivity index (χ0n) is 6.58. The topological polar surface area (TPSA) is 37.3 Å². The van der Waals surface area contributed by atoms with Crippen molar-refractivity contribution >= 4 is 5.97 Å². The van der Waals surface area contributed by atoms with Gasteiger partial charge in [-0.2, -0.15) is 0 Å². The van der Waals surface area contributed by atoms with E-state index in [1.54, 1.807) is 0 Å². The Morgan fingerprint density at radius 2 is 2.36 bits per heavy atom. The van der Waals surface area contributed by atoms with Crippen molar-refractivity contribution in [1.82, 2.24) is 0 Å². The van der Waals surface area contributed by atoms with Gasteiger partial charge in [0.15, 0.2) is 0 Å². The van der Waals surface area contributed by atoms with Crippen LogP contribution >= 0.6 is 0 Å². The average molecular weight is 152 g/mol. The minimum atomic E-state index is -0.630. The van der Waals surface area contributed by atoms with Gasteiger partial charge in [-0.25, -0.2) is 0 Å². The first-order valence-corrected chi connectivity index (χ1v) is 4.04. The predicted octanol–water partition coefficient (Wildman–Crippen LogP) is 1.67. The second-order valence-corrected chi connectivity index (χ2v) is 3.91. The first kappa shape index (κ1) is 6.89. The fraction of sp³-hybridized carbons (Fsp3) is 0.667. The number of hydrogen-bond donors (Lipinski definition) is 1. The van der Waals surface area contributed by atoms with Crippen molar-refractivity contribution in [2.24, 2.45) is 17.3 Å². The molecule has 2 unspecified atom stereocenters. The van der Waals surface area contributed by atoms with Crippen molar-refractivity contribution in [2.45, 2.75) is 19.8 Å². The quantitative estimate of drug-likeness (QED) is 0.580. The Bertz CT molecular complexity index is 232. The maximum absolute atomic E-state index is 10.9. The molecule has 0 amide bonds. The van der Waals surface area contributed by atoms with E-state index in [1.807, 2.05) is 6.92 Å². The summed E-state index contributed by atoms with van der Waals surface area (Å²) in [6, 6.07) is 0. The van der Waals surface area contributed by atoms with Crippen LogP contribution in [0.15, 0.2) is 12.2 Å². The Balaban J connectivity index is 2.30. The second-order valence-electron chi connectivity index (χ2n) is 3.91. The summed E-state index contributed by atoms with van der Waals surface area (Å²) in [7, 11) is 0. The molecule has 0 heterocycles. The second kappa shape index (κ2) is 1.87. The molecule has 2 aliphatic carbocycles. The molecule has 0 aromatic heterocycles. The van der Waals surface area contributed by atoms with E-state index in [2.05, 4.69) is 12.2 Å². The van der Waals surface area contributed by atoms with Crippen molar-refractivity contribution in [3.8, 4) is 0 Å². The predicted molar refractivity (Wildman–Crippen MR) is 41.1 cm³/mol. The van der Waals surface area contributed by atoms with E-state index in [4.69, 9.17) is 5.11 Å². The van der Waals surface area contributed by atoms with Gasteiger partial charge in [-0.1, -0.05) is 12.2 Å². The normalized spacial score (nSPS) is 46.6. The number of hydrogen-bond acceptors (Lipinski definition) is 1. The highest BCUT2D eigenvalue weighted by atomic mass is 16.4. The summed E-state index contributed by atoms with van der Waals surface area (Å²) >= 11 is 0. The lowest BCUT2D eigenvalue weighted by molar-refractivity contribution is -0.149. The van der Waals surface area contributed by atoms with Crippen molar-refractivity contribution < 1.29 is 9.90 Å². The molecule has 2 nitrogen and oxygen atoms in total. The van der Waals surface area contributed by atoms with E-state index >= 15 is 0 Å². The number of carbonyl (C=O) groups is 1. The van der Waals surface area contributed by atoms with Crippen LogP contribution < -0.4 is 0 Å². The SMILES string of the molecule is C[C@]1(C(=O)O)CC2C=CC1C2. The Labute approximate surface area is 65.9 Å². The molecule has 0 saturated heterocycles. The molecule has 1 N–H and O–H groups in total. The summed E-state index contributed by atoms with van der Waals surface area (Å²) in [5, 5.41) is 8.96. The largest absolute Gasteiger partial charge is 0.481 e. The lowest BCUT2D eigenvalue weighted by Gasteiger charge is -2.25. The highest BCUT2D eigenvalue weighted by Gasteiger charge is 2.50. The van der Waals surface area contributed by atoms with Crippen LogP contribution in [0.25, 0.3) is 0 Å². The van der Waals surface area contributed by atoms with Crippen molar-refractivity contribution in [3.63, 3.8) is 0 Å². The number of carboxylic acids is 1. The summed E-state index contributed by atoms with van der Waals surface area (Å²) < 4.78 is 0. The number of allylic oxidation sites excluding steroid dienone is 2. The Morgan fingerprint density at radius 1 is 1.64 bits per heavy atom. The molecule has 1 fully saturated rings. The molecule has 2 heteroatoms. The van der Waals surface area contributed by atoms with Gasteiger partial charge in [-0.3, -0.25) is 4.79 Å². The van der Waals surface area contributed by atoms with Gasteiger partial charge in [0.2, 0.25) is 0 Å². The van der Waals surface area contributed by atoms with Gasteiger partial charge < -0.3 is 5.11 Å². The molecule has 2 rings (SSSR count). The van der Waals surface area contributed by atoms with E-state index in [-0.39, 0.29) is 0 Å². The summed E-state index contributed by atoms with van der Waals surface area (Å²) in [4.78, 5) is 10.9. The van der Waals surface area contributed by atoms with E-state index in [9.17, 15) is 4.79 Å². The zero-order valence-corrected chi connectivity index (χ0v) is 6.58. The smallest absolute Gasteiger partial charge is 0.309 e. The van der Waals surface area contributed by atoms with Gasteiger partial charge in [0.25, 0.3) is 0 Å². The first-order valence-electron chi connectivity index (χ1n) is 4.04. The lowest BCUT2D eigenvalue weighted by Crippen LogP contribution is -2.31. The monoisotopic (exact) mass is 152 g/mol. The highest BCUT2D eigenvalue weighted by molar-refractivity contribution is 5.76. The minimum Gasteiger partial charge on any atom is -0.481 e. The van der Waals surface area contributed by atoms with E-state index in [0.29, 0.717) is 11.8 Å². The molecule has 2 bridgehead atoms. The first-order chi connectivity index (χ1) is 5.13. The molecule has 1 saturated carbocycles. The molecular formula is C9H12O2. The lowest BCUT2D eigenvalue weighted by atomic mass is 9.78. The van der Waals surface area contributed by atoms with Crippen molar-refractivity contribution in [1.29, 1.82) is 0 Å². The third-order valence-corrected chi connectivity index (χ3v) is 3.17. The summed E-state index contributed by atoms with van der Waals surface area (Å²) in [5.41, 5.74) is -0.459. The van der Waals surface area contributed by atoms with E-state index in [1.165, 1.54) is 0 Å². The molecule has 2 aliphatic rings. The molecule has 0 spiro atoms. The van der Waals surface area contributed by atoms with Gasteiger partial charge in [-0.05, 0) is 31.6 Å². The van der Waals surface area contributed by atoms with E-state index < -0.39 is 11.4 Å². The zero-order chi connectivity index (χ0) is 8.06. The van der Waals surface area contributed by atoms with Crippen LogP contribution in [0.4, 0.5) is 0 Å². The number of carboxylic acid groups (broad SMARTS) is 1. The fourth-order valence-electron chi connectivity index (χ4n) is 2.34. The van der Waals surface area contributed by atoms with Crippen molar-refractivity contribution in [2.75, 3.05) is 0 Å². The van der Waals surface area contributed by atoms with Crippen LogP contribution in [0, 0.1) is 17.3 Å². The van der Waals surface area contributed by atoms with Crippen LogP contribution in [0.3, 0.4) is 0 Å². The third-order valence-electron chi connectivity index (χ3n) is 3.17. The van der Waals surface area contributed by atoms with Gasteiger partial charge in [-0.15, -0.1) is 0 Å². The number of aliphatic carboxylic acids is 1. The van der Waals surface area contributed by atoms with Crippen molar-refractivity contribution in [3.05, 3.63) is 12.2 Å². The maximum Gasteiger partial charge on any atom is 0.309 e. The maximum atomic E-state index is 10.9. The Morgan fingerprint density at radius 3 is 2.64 bits per heavy atom. The molecular weight excluding hydrogens is 140 g/mol. The molecule has 11 heavy (non-hydrogen) atoms. The number of rotatable bonds is 1. The average Bonchev–Trinajstić information content (AvgIpc) is 2.45. The van der Waals surface area contributed by atoms with Crippen LogP contribution in [0.2, 0.25) is 0 Å². The van der Waals surface area contributed by atoms with Gasteiger partial charge >= 0.3 is 5.97 Å². The summed E-state index contributed by atoms with van der Waals surface area (Å²) in [5.74, 6) is 0.209. The minimum absolute atomic E-state index is 0.296. The van der Waals surface area contributed by atoms with Crippen LogP contribution in [-0.4, -0.2) is 11.1 Å². The Kier molecular flexibility index (Phi) is 1.17. The molecule has 0 radical (unpaired) electrons. The fourth-order valence-corrected chi connectivity index (χ4v) is 2.34. The van der Waals surface area contributed by atoms with Gasteiger partial charge in [0, 0.05) is 0 Å². The molecule has 3 atom stereocenters. The Hall–Kier alpha value is -0.790. The number of fused-ring (bicyclic) bond motifs is 2. The van der Waals surface area contributed by atoms with Crippen LogP contribution in [-0.2, 0) is 4.79 Å². The summed E-state index contributed by atoms with van der Waals surface area (Å²) in [6.07, 6.45) is 6.13. The summed E-state index contributed by atoms with van der Waals surface area (Å²) in [6.45, 7) is 1.86. The third kappa shape index (κ3) is 0.753. The molecule has 60 valence electrons.